The van der Waals surface area contributed by atoms with Gasteiger partial charge in [-0.3, -0.25) is 0 Å². The minimum Gasteiger partial charge on any atom is -0.378 e. The molecule has 1 aliphatic carbocycles. The van der Waals surface area contributed by atoms with E-state index in [9.17, 15) is 0 Å². The average molecular weight is 378 g/mol. The van der Waals surface area contributed by atoms with Crippen molar-refractivity contribution >= 4 is 27.5 Å². The van der Waals surface area contributed by atoms with Crippen LogP contribution < -0.4 is 0 Å². The van der Waals surface area contributed by atoms with Gasteiger partial charge in [0.25, 0.3) is 0 Å². The van der Waals surface area contributed by atoms with Gasteiger partial charge in [0.05, 0.1) is 16.8 Å². The van der Waals surface area contributed by atoms with E-state index in [-0.39, 0.29) is 0 Å². The molecule has 2 atom stereocenters. The Morgan fingerprint density at radius 2 is 2.19 bits per heavy atom. The topological polar surface area (TPSA) is 44.2 Å². The summed E-state index contributed by atoms with van der Waals surface area (Å²) in [5.41, 5.74) is 0.351. The molecule has 0 radical (unpaired) electrons. The number of nitrogens with zero attached hydrogens (tertiary/aromatic N) is 2. The van der Waals surface area contributed by atoms with Crippen LogP contribution in [0.25, 0.3) is 0 Å². The SMILES string of the molecule is CCOC1(c2nc(Cl)c(Br)c(COC)n2)CCCC(C)C1. The molecule has 1 aliphatic rings. The minimum atomic E-state index is -0.417. The van der Waals surface area contributed by atoms with Crippen LogP contribution in [0.2, 0.25) is 5.15 Å². The first-order chi connectivity index (χ1) is 10.0. The monoisotopic (exact) mass is 376 g/mol. The number of ether oxygens (including phenoxy) is 2. The van der Waals surface area contributed by atoms with Crippen molar-refractivity contribution in [1.29, 1.82) is 0 Å². The van der Waals surface area contributed by atoms with Crippen LogP contribution in [-0.4, -0.2) is 23.7 Å². The molecule has 6 heteroatoms. The van der Waals surface area contributed by atoms with Gasteiger partial charge in [-0.2, -0.15) is 0 Å². The predicted molar refractivity (Wildman–Crippen MR) is 86.4 cm³/mol. The maximum absolute atomic E-state index is 6.26. The van der Waals surface area contributed by atoms with E-state index >= 15 is 0 Å². The van der Waals surface area contributed by atoms with Crippen LogP contribution in [0.4, 0.5) is 0 Å². The van der Waals surface area contributed by atoms with Gasteiger partial charge in [0, 0.05) is 13.7 Å². The first-order valence-electron chi connectivity index (χ1n) is 7.37. The van der Waals surface area contributed by atoms with Crippen molar-refractivity contribution < 1.29 is 9.47 Å². The van der Waals surface area contributed by atoms with Gasteiger partial charge in [-0.1, -0.05) is 24.9 Å². The lowest BCUT2D eigenvalue weighted by Gasteiger charge is -2.38. The Bertz CT molecular complexity index is 497. The van der Waals surface area contributed by atoms with E-state index in [4.69, 9.17) is 21.1 Å². The summed E-state index contributed by atoms with van der Waals surface area (Å²) in [7, 11) is 1.64. The second kappa shape index (κ2) is 7.36. The van der Waals surface area contributed by atoms with Gasteiger partial charge in [0.1, 0.15) is 10.8 Å². The maximum Gasteiger partial charge on any atom is 0.162 e. The molecule has 1 aromatic heterocycles. The maximum atomic E-state index is 6.26. The second-order valence-electron chi connectivity index (χ2n) is 5.66. The fraction of sp³-hybridized carbons (Fsp3) is 0.733. The van der Waals surface area contributed by atoms with Crippen molar-refractivity contribution in [2.45, 2.75) is 51.7 Å². The molecule has 0 amide bonds. The highest BCUT2D eigenvalue weighted by atomic mass is 79.9. The van der Waals surface area contributed by atoms with Crippen molar-refractivity contribution in [3.63, 3.8) is 0 Å². The van der Waals surface area contributed by atoms with Crippen LogP contribution in [0.15, 0.2) is 4.47 Å². The summed E-state index contributed by atoms with van der Waals surface area (Å²) in [5.74, 6) is 1.29. The molecule has 0 aliphatic heterocycles. The number of methoxy groups -OCH3 is 1. The molecule has 21 heavy (non-hydrogen) atoms. The molecule has 0 N–H and O–H groups in total. The van der Waals surface area contributed by atoms with Crippen molar-refractivity contribution in [3.05, 3.63) is 21.1 Å². The number of hydrogen-bond acceptors (Lipinski definition) is 4. The number of rotatable bonds is 5. The Morgan fingerprint density at radius 1 is 1.43 bits per heavy atom. The van der Waals surface area contributed by atoms with E-state index < -0.39 is 5.60 Å². The summed E-state index contributed by atoms with van der Waals surface area (Å²) in [6.07, 6.45) is 4.22. The average Bonchev–Trinajstić information content (AvgIpc) is 2.44. The van der Waals surface area contributed by atoms with E-state index in [1.807, 2.05) is 6.92 Å². The fourth-order valence-electron chi connectivity index (χ4n) is 3.08. The Balaban J connectivity index is 2.44. The van der Waals surface area contributed by atoms with E-state index in [0.29, 0.717) is 34.6 Å². The zero-order valence-electron chi connectivity index (χ0n) is 12.8. The van der Waals surface area contributed by atoms with Crippen molar-refractivity contribution in [3.8, 4) is 0 Å². The molecular weight excluding hydrogens is 356 g/mol. The molecule has 1 saturated carbocycles. The quantitative estimate of drug-likeness (QED) is 0.710. The molecule has 4 nitrogen and oxygen atoms in total. The Kier molecular flexibility index (Phi) is 6.00. The van der Waals surface area contributed by atoms with Gasteiger partial charge in [0.15, 0.2) is 5.82 Å². The van der Waals surface area contributed by atoms with Gasteiger partial charge in [-0.05, 0) is 48.0 Å². The summed E-state index contributed by atoms with van der Waals surface area (Å²) in [5, 5.41) is 0.421. The van der Waals surface area contributed by atoms with Gasteiger partial charge in [-0.25, -0.2) is 9.97 Å². The molecule has 118 valence electrons. The largest absolute Gasteiger partial charge is 0.378 e. The van der Waals surface area contributed by atoms with Crippen LogP contribution in [0, 0.1) is 5.92 Å². The van der Waals surface area contributed by atoms with Gasteiger partial charge in [0.2, 0.25) is 0 Å². The molecule has 0 aromatic carbocycles. The lowest BCUT2D eigenvalue weighted by atomic mass is 9.78. The van der Waals surface area contributed by atoms with E-state index in [2.05, 4.69) is 32.8 Å². The molecule has 2 unspecified atom stereocenters. The van der Waals surface area contributed by atoms with Crippen LogP contribution in [-0.2, 0) is 21.7 Å². The standard InChI is InChI=1S/C15H22BrClN2O2/c1-4-21-15(7-5-6-10(2)8-15)14-18-11(9-20-3)12(16)13(17)19-14/h10H,4-9H2,1-3H3. The third-order valence-corrected chi connectivity index (χ3v) is 5.28. The smallest absolute Gasteiger partial charge is 0.162 e. The van der Waals surface area contributed by atoms with Gasteiger partial charge >= 0.3 is 0 Å². The zero-order chi connectivity index (χ0) is 15.5. The van der Waals surface area contributed by atoms with Gasteiger partial charge in [-0.15, -0.1) is 0 Å². The molecule has 0 spiro atoms. The Morgan fingerprint density at radius 3 is 2.81 bits per heavy atom. The molecule has 1 aromatic rings. The van der Waals surface area contributed by atoms with Crippen molar-refractivity contribution in [1.82, 2.24) is 9.97 Å². The van der Waals surface area contributed by atoms with Crippen LogP contribution in [0.3, 0.4) is 0 Å². The minimum absolute atomic E-state index is 0.396. The Labute approximate surface area is 139 Å². The zero-order valence-corrected chi connectivity index (χ0v) is 15.1. The van der Waals surface area contributed by atoms with Crippen molar-refractivity contribution in [2.75, 3.05) is 13.7 Å². The van der Waals surface area contributed by atoms with E-state index in [0.717, 1.165) is 25.0 Å². The second-order valence-corrected chi connectivity index (χ2v) is 6.81. The summed E-state index contributed by atoms with van der Waals surface area (Å²) in [6, 6.07) is 0. The molecule has 1 fully saturated rings. The molecule has 1 heterocycles. The van der Waals surface area contributed by atoms with Gasteiger partial charge < -0.3 is 9.47 Å². The van der Waals surface area contributed by atoms with E-state index in [1.165, 1.54) is 6.42 Å². The fourth-order valence-corrected chi connectivity index (χ4v) is 3.56. The summed E-state index contributed by atoms with van der Waals surface area (Å²) in [4.78, 5) is 9.17. The Hall–Kier alpha value is -0.230. The highest BCUT2D eigenvalue weighted by molar-refractivity contribution is 9.10. The number of hydrogen-bond donors (Lipinski definition) is 0. The summed E-state index contributed by atoms with van der Waals surface area (Å²) in [6.45, 7) is 5.30. The highest BCUT2D eigenvalue weighted by Crippen LogP contribution is 2.42. The van der Waals surface area contributed by atoms with Crippen LogP contribution >= 0.6 is 27.5 Å². The summed E-state index contributed by atoms with van der Waals surface area (Å²) >= 11 is 9.69. The lowest BCUT2D eigenvalue weighted by Crippen LogP contribution is -2.37. The molecule has 2 rings (SSSR count). The number of halogens is 2. The molecule has 0 saturated heterocycles. The van der Waals surface area contributed by atoms with E-state index in [1.54, 1.807) is 7.11 Å². The first-order valence-corrected chi connectivity index (χ1v) is 8.54. The molecule has 0 bridgehead atoms. The third-order valence-electron chi connectivity index (χ3n) is 3.94. The summed E-state index contributed by atoms with van der Waals surface area (Å²) < 4.78 is 12.0. The first kappa shape index (κ1) is 17.1. The van der Waals surface area contributed by atoms with Crippen molar-refractivity contribution in [2.24, 2.45) is 5.92 Å². The highest BCUT2D eigenvalue weighted by Gasteiger charge is 2.40. The third kappa shape index (κ3) is 3.76. The normalized spacial score (nSPS) is 26.0. The molecular formula is C15H22BrClN2O2. The van der Waals surface area contributed by atoms with Crippen LogP contribution in [0.5, 0.6) is 0 Å². The lowest BCUT2D eigenvalue weighted by molar-refractivity contribution is -0.0883. The predicted octanol–water partition coefficient (Wildman–Crippen LogP) is 4.48. The number of aromatic nitrogens is 2. The van der Waals surface area contributed by atoms with Crippen LogP contribution in [0.1, 0.15) is 51.0 Å².